The van der Waals surface area contributed by atoms with Crippen molar-refractivity contribution in [3.63, 3.8) is 0 Å². The van der Waals surface area contributed by atoms with E-state index in [1.54, 1.807) is 0 Å². The summed E-state index contributed by atoms with van der Waals surface area (Å²) in [6.07, 6.45) is 0.00562. The van der Waals surface area contributed by atoms with Crippen LogP contribution in [0.2, 0.25) is 5.02 Å². The summed E-state index contributed by atoms with van der Waals surface area (Å²) in [6.45, 7) is 0.180. The molecule has 0 fully saturated rings. The Bertz CT molecular complexity index is 555. The largest absolute Gasteiger partial charge is 0.480 e. The number of carbonyl (C=O) groups is 1. The van der Waals surface area contributed by atoms with Crippen LogP contribution in [-0.4, -0.2) is 26.9 Å². The molecule has 0 radical (unpaired) electrons. The molecular formula is C10H11ClNO5P. The van der Waals surface area contributed by atoms with Crippen LogP contribution in [-0.2, 0) is 22.3 Å². The molecule has 4 N–H and O–H groups in total. The number of hydrogen-bond acceptors (Lipinski definition) is 3. The first-order valence-corrected chi connectivity index (χ1v) is 7.12. The van der Waals surface area contributed by atoms with Crippen LogP contribution in [0.5, 0.6) is 0 Å². The maximum absolute atomic E-state index is 11.4. The lowest BCUT2D eigenvalue weighted by Gasteiger charge is -2.26. The third-order valence-corrected chi connectivity index (χ3v) is 4.30. The summed E-state index contributed by atoms with van der Waals surface area (Å²) in [7, 11) is -4.43. The standard InChI is InChI=1S/C10H11ClNO5P/c11-7-1-2-9(18(15,16)17)5-3-8(10(13)14)12-4-6(5)7/h1-2,8,12H,3-4H2,(H,13,14)(H2,15,16,17). The minimum absolute atomic E-state index is 0.00562. The van der Waals surface area contributed by atoms with E-state index in [9.17, 15) is 19.1 Å². The van der Waals surface area contributed by atoms with Crippen LogP contribution in [0.1, 0.15) is 11.1 Å². The predicted octanol–water partition coefficient (Wildman–Crippen LogP) is 0.242. The second kappa shape index (κ2) is 4.64. The average Bonchev–Trinajstić information content (AvgIpc) is 2.27. The zero-order chi connectivity index (χ0) is 13.5. The zero-order valence-corrected chi connectivity index (χ0v) is 10.8. The summed E-state index contributed by atoms with van der Waals surface area (Å²) >= 11 is 5.95. The molecule has 1 aromatic carbocycles. The van der Waals surface area contributed by atoms with Crippen molar-refractivity contribution < 1.29 is 24.3 Å². The molecule has 1 atom stereocenters. The van der Waals surface area contributed by atoms with Crippen molar-refractivity contribution in [1.82, 2.24) is 5.32 Å². The molecule has 18 heavy (non-hydrogen) atoms. The van der Waals surface area contributed by atoms with Crippen molar-refractivity contribution in [2.24, 2.45) is 0 Å². The fourth-order valence-electron chi connectivity index (χ4n) is 2.02. The SMILES string of the molecule is O=C(O)C1Cc2c(P(=O)(O)O)ccc(Cl)c2CN1. The highest BCUT2D eigenvalue weighted by molar-refractivity contribution is 7.60. The first-order valence-electron chi connectivity index (χ1n) is 5.13. The number of hydrogen-bond donors (Lipinski definition) is 4. The van der Waals surface area contributed by atoms with Gasteiger partial charge < -0.3 is 14.9 Å². The Labute approximate surface area is 108 Å². The van der Waals surface area contributed by atoms with Crippen LogP contribution in [0.3, 0.4) is 0 Å². The number of benzene rings is 1. The Kier molecular flexibility index (Phi) is 3.49. The summed E-state index contributed by atoms with van der Waals surface area (Å²) in [5, 5.41) is 11.9. The number of aliphatic carboxylic acids is 1. The van der Waals surface area contributed by atoms with Gasteiger partial charge in [-0.1, -0.05) is 11.6 Å². The van der Waals surface area contributed by atoms with E-state index in [-0.39, 0.29) is 18.3 Å². The van der Waals surface area contributed by atoms with Gasteiger partial charge in [0.05, 0.1) is 5.30 Å². The minimum atomic E-state index is -4.43. The van der Waals surface area contributed by atoms with Gasteiger partial charge in [-0.2, -0.15) is 0 Å². The summed E-state index contributed by atoms with van der Waals surface area (Å²) in [5.74, 6) is -1.06. The Morgan fingerprint density at radius 1 is 1.39 bits per heavy atom. The van der Waals surface area contributed by atoms with Crippen LogP contribution >= 0.6 is 19.2 Å². The highest BCUT2D eigenvalue weighted by Gasteiger charge is 2.31. The van der Waals surface area contributed by atoms with E-state index < -0.39 is 19.6 Å². The number of fused-ring (bicyclic) bond motifs is 1. The Morgan fingerprint density at radius 2 is 2.06 bits per heavy atom. The molecule has 0 saturated carbocycles. The Morgan fingerprint density at radius 3 is 2.61 bits per heavy atom. The minimum Gasteiger partial charge on any atom is -0.480 e. The van der Waals surface area contributed by atoms with E-state index >= 15 is 0 Å². The van der Waals surface area contributed by atoms with Crippen molar-refractivity contribution in [3.8, 4) is 0 Å². The van der Waals surface area contributed by atoms with Crippen molar-refractivity contribution in [2.45, 2.75) is 19.0 Å². The molecule has 0 spiro atoms. The molecule has 0 saturated heterocycles. The van der Waals surface area contributed by atoms with E-state index in [0.29, 0.717) is 16.1 Å². The summed E-state index contributed by atoms with van der Waals surface area (Å²) in [5.41, 5.74) is 0.886. The van der Waals surface area contributed by atoms with Gasteiger partial charge in [-0.25, -0.2) is 0 Å². The maximum atomic E-state index is 11.4. The quantitative estimate of drug-likeness (QED) is 0.582. The predicted molar refractivity (Wildman–Crippen MR) is 65.1 cm³/mol. The molecule has 1 aliphatic heterocycles. The fourth-order valence-corrected chi connectivity index (χ4v) is 3.11. The van der Waals surface area contributed by atoms with Crippen molar-refractivity contribution >= 4 is 30.5 Å². The van der Waals surface area contributed by atoms with Gasteiger partial charge in [0, 0.05) is 11.6 Å². The molecule has 0 aliphatic carbocycles. The molecule has 0 amide bonds. The smallest absolute Gasteiger partial charge is 0.356 e. The lowest BCUT2D eigenvalue weighted by molar-refractivity contribution is -0.139. The molecule has 6 nitrogen and oxygen atoms in total. The van der Waals surface area contributed by atoms with E-state index in [0.717, 1.165) is 0 Å². The number of carboxylic acid groups (broad SMARTS) is 1. The average molecular weight is 292 g/mol. The monoisotopic (exact) mass is 291 g/mol. The van der Waals surface area contributed by atoms with Crippen LogP contribution in [0.25, 0.3) is 0 Å². The molecule has 98 valence electrons. The molecule has 1 unspecified atom stereocenters. The van der Waals surface area contributed by atoms with Gasteiger partial charge in [-0.3, -0.25) is 14.7 Å². The maximum Gasteiger partial charge on any atom is 0.356 e. The van der Waals surface area contributed by atoms with E-state index in [2.05, 4.69) is 5.32 Å². The summed E-state index contributed by atoms with van der Waals surface area (Å²) < 4.78 is 11.4. The highest BCUT2D eigenvalue weighted by Crippen LogP contribution is 2.38. The Hall–Kier alpha value is -0.910. The lowest BCUT2D eigenvalue weighted by Crippen LogP contribution is -2.43. The Balaban J connectivity index is 2.55. The molecule has 0 aromatic heterocycles. The topological polar surface area (TPSA) is 107 Å². The third-order valence-electron chi connectivity index (χ3n) is 2.89. The summed E-state index contributed by atoms with van der Waals surface area (Å²) in [4.78, 5) is 29.4. The van der Waals surface area contributed by atoms with Crippen molar-refractivity contribution in [1.29, 1.82) is 0 Å². The van der Waals surface area contributed by atoms with Gasteiger partial charge in [-0.15, -0.1) is 0 Å². The molecule has 8 heteroatoms. The third kappa shape index (κ3) is 2.43. The second-order valence-electron chi connectivity index (χ2n) is 4.04. The first-order chi connectivity index (χ1) is 8.30. The number of rotatable bonds is 2. The number of nitrogens with one attached hydrogen (secondary N) is 1. The van der Waals surface area contributed by atoms with Gasteiger partial charge in [0.15, 0.2) is 0 Å². The molecule has 1 aromatic rings. The highest BCUT2D eigenvalue weighted by atomic mass is 35.5. The van der Waals surface area contributed by atoms with Crippen LogP contribution in [0.4, 0.5) is 0 Å². The van der Waals surface area contributed by atoms with Gasteiger partial charge in [0.25, 0.3) is 0 Å². The molecule has 0 bridgehead atoms. The second-order valence-corrected chi connectivity index (χ2v) is 6.02. The van der Waals surface area contributed by atoms with Gasteiger partial charge in [-0.05, 0) is 29.7 Å². The lowest BCUT2D eigenvalue weighted by atomic mass is 9.96. The van der Waals surface area contributed by atoms with Gasteiger partial charge >= 0.3 is 13.6 Å². The van der Waals surface area contributed by atoms with Crippen LogP contribution < -0.4 is 10.6 Å². The molecule has 1 aliphatic rings. The first kappa shape index (κ1) is 13.5. The molecular weight excluding hydrogens is 281 g/mol. The van der Waals surface area contributed by atoms with Crippen molar-refractivity contribution in [2.75, 3.05) is 0 Å². The molecule has 2 rings (SSSR count). The fraction of sp³-hybridized carbons (Fsp3) is 0.300. The zero-order valence-electron chi connectivity index (χ0n) is 9.13. The van der Waals surface area contributed by atoms with Gasteiger partial charge in [0.2, 0.25) is 0 Å². The molecule has 1 heterocycles. The van der Waals surface area contributed by atoms with Crippen molar-refractivity contribution in [3.05, 3.63) is 28.3 Å². The summed E-state index contributed by atoms with van der Waals surface area (Å²) in [6, 6.07) is 1.81. The van der Waals surface area contributed by atoms with Crippen LogP contribution in [0.15, 0.2) is 12.1 Å². The number of halogens is 1. The van der Waals surface area contributed by atoms with E-state index in [4.69, 9.17) is 16.7 Å². The van der Waals surface area contributed by atoms with E-state index in [1.807, 2.05) is 0 Å². The normalized spacial score (nSPS) is 19.4. The van der Waals surface area contributed by atoms with Crippen LogP contribution in [0, 0.1) is 0 Å². The van der Waals surface area contributed by atoms with E-state index in [1.165, 1.54) is 12.1 Å². The number of carboxylic acids is 1. The van der Waals surface area contributed by atoms with Gasteiger partial charge in [0.1, 0.15) is 6.04 Å².